The first-order chi connectivity index (χ1) is 16.4. The molecule has 3 aromatic carbocycles. The Hall–Kier alpha value is -3.80. The monoisotopic (exact) mass is 460 g/mol. The topological polar surface area (TPSA) is 76.7 Å². The van der Waals surface area contributed by atoms with E-state index in [-0.39, 0.29) is 11.8 Å². The number of para-hydroxylation sites is 4. The van der Waals surface area contributed by atoms with Crippen molar-refractivity contribution in [2.45, 2.75) is 52.7 Å². The molecule has 6 nitrogen and oxygen atoms in total. The van der Waals surface area contributed by atoms with E-state index in [1.54, 1.807) is 24.3 Å². The van der Waals surface area contributed by atoms with Crippen molar-refractivity contribution in [3.63, 3.8) is 0 Å². The van der Waals surface area contributed by atoms with Crippen molar-refractivity contribution in [1.82, 2.24) is 0 Å². The molecule has 0 saturated heterocycles. The number of rotatable bonds is 10. The summed E-state index contributed by atoms with van der Waals surface area (Å²) in [5, 5.41) is 5.81. The molecule has 2 N–H and O–H groups in total. The van der Waals surface area contributed by atoms with Crippen LogP contribution in [0.1, 0.15) is 37.8 Å². The van der Waals surface area contributed by atoms with Crippen molar-refractivity contribution in [2.75, 3.05) is 10.6 Å². The lowest BCUT2D eigenvalue weighted by Crippen LogP contribution is -2.34. The highest BCUT2D eigenvalue weighted by Gasteiger charge is 2.23. The summed E-state index contributed by atoms with van der Waals surface area (Å²) >= 11 is 0. The largest absolute Gasteiger partial charge is 0.480 e. The fourth-order valence-corrected chi connectivity index (χ4v) is 3.46. The van der Waals surface area contributed by atoms with Gasteiger partial charge in [0.15, 0.2) is 12.2 Å². The Morgan fingerprint density at radius 1 is 0.647 bits per heavy atom. The number of amides is 2. The molecule has 3 rings (SSSR count). The van der Waals surface area contributed by atoms with Crippen molar-refractivity contribution in [3.8, 4) is 11.5 Å². The lowest BCUT2D eigenvalue weighted by atomic mass is 10.2. The molecule has 34 heavy (non-hydrogen) atoms. The summed E-state index contributed by atoms with van der Waals surface area (Å²) < 4.78 is 11.9. The van der Waals surface area contributed by atoms with Gasteiger partial charge in [0.25, 0.3) is 11.8 Å². The molecule has 0 aliphatic carbocycles. The van der Waals surface area contributed by atoms with Crippen molar-refractivity contribution in [2.24, 2.45) is 0 Å². The van der Waals surface area contributed by atoms with Gasteiger partial charge >= 0.3 is 0 Å². The zero-order valence-electron chi connectivity index (χ0n) is 20.1. The summed E-state index contributed by atoms with van der Waals surface area (Å²) in [6.07, 6.45) is -0.344. The van der Waals surface area contributed by atoms with E-state index < -0.39 is 12.2 Å². The Labute approximate surface area is 201 Å². The quantitative estimate of drug-likeness (QED) is 0.395. The summed E-state index contributed by atoms with van der Waals surface area (Å²) in [6, 6.07) is 22.3. The molecule has 3 aromatic rings. The standard InChI is InChI=1S/C28H32N2O4/c1-5-23(33-25-17-11-7-13-19(25)3)27(31)29-21-15-9-10-16-22(21)30-28(32)24(6-2)34-26-18-12-8-14-20(26)4/h7-18,23-24H,5-6H2,1-4H3,(H,29,31)(H,30,32). The van der Waals surface area contributed by atoms with Gasteiger partial charge in [-0.25, -0.2) is 0 Å². The molecule has 2 amide bonds. The van der Waals surface area contributed by atoms with Gasteiger partial charge in [-0.2, -0.15) is 0 Å². The minimum atomic E-state index is -0.669. The summed E-state index contributed by atoms with van der Waals surface area (Å²) in [5.74, 6) is 0.779. The molecule has 0 saturated carbocycles. The molecule has 0 aliphatic heterocycles. The van der Waals surface area contributed by atoms with Gasteiger partial charge in [0.1, 0.15) is 11.5 Å². The summed E-state index contributed by atoms with van der Waals surface area (Å²) in [4.78, 5) is 26.0. The second-order valence-corrected chi connectivity index (χ2v) is 8.08. The van der Waals surface area contributed by atoms with Crippen LogP contribution in [-0.2, 0) is 9.59 Å². The average Bonchev–Trinajstić information content (AvgIpc) is 2.84. The molecule has 2 unspecified atom stereocenters. The van der Waals surface area contributed by atoms with Crippen LogP contribution in [0.5, 0.6) is 11.5 Å². The van der Waals surface area contributed by atoms with Crippen LogP contribution < -0.4 is 20.1 Å². The normalized spacial score (nSPS) is 12.4. The molecule has 6 heteroatoms. The van der Waals surface area contributed by atoms with Gasteiger partial charge < -0.3 is 20.1 Å². The van der Waals surface area contributed by atoms with Gasteiger partial charge in [-0.1, -0.05) is 62.4 Å². The molecule has 0 heterocycles. The number of nitrogens with one attached hydrogen (secondary N) is 2. The number of carbonyl (C=O) groups is 2. The number of hydrogen-bond acceptors (Lipinski definition) is 4. The van der Waals surface area contributed by atoms with Gasteiger partial charge in [-0.05, 0) is 62.1 Å². The van der Waals surface area contributed by atoms with Crippen molar-refractivity contribution in [1.29, 1.82) is 0 Å². The summed E-state index contributed by atoms with van der Waals surface area (Å²) in [6.45, 7) is 7.66. The predicted molar refractivity (Wildman–Crippen MR) is 135 cm³/mol. The third-order valence-electron chi connectivity index (χ3n) is 5.49. The SMILES string of the molecule is CCC(Oc1ccccc1C)C(=O)Nc1ccccc1NC(=O)C(CC)Oc1ccccc1C. The molecule has 0 fully saturated rings. The van der Waals surface area contributed by atoms with Gasteiger partial charge in [-0.15, -0.1) is 0 Å². The van der Waals surface area contributed by atoms with Gasteiger partial charge in [-0.3, -0.25) is 9.59 Å². The third-order valence-corrected chi connectivity index (χ3v) is 5.49. The Balaban J connectivity index is 1.70. The number of hydrogen-bond donors (Lipinski definition) is 2. The van der Waals surface area contributed by atoms with Crippen molar-refractivity contribution < 1.29 is 19.1 Å². The Kier molecular flexibility index (Phi) is 8.68. The first kappa shape index (κ1) is 24.8. The maximum absolute atomic E-state index is 13.0. The molecule has 0 aromatic heterocycles. The number of aryl methyl sites for hydroxylation is 2. The predicted octanol–water partition coefficient (Wildman–Crippen LogP) is 5.90. The van der Waals surface area contributed by atoms with Gasteiger partial charge in [0, 0.05) is 0 Å². The maximum atomic E-state index is 13.0. The smallest absolute Gasteiger partial charge is 0.265 e. The average molecular weight is 461 g/mol. The second-order valence-electron chi connectivity index (χ2n) is 8.08. The highest BCUT2D eigenvalue weighted by molar-refractivity contribution is 6.02. The molecular weight excluding hydrogens is 428 g/mol. The van der Waals surface area contributed by atoms with Crippen LogP contribution in [0.25, 0.3) is 0 Å². The van der Waals surface area contributed by atoms with E-state index in [1.165, 1.54) is 0 Å². The van der Waals surface area contributed by atoms with Crippen molar-refractivity contribution >= 4 is 23.2 Å². The van der Waals surface area contributed by atoms with Crippen LogP contribution in [0.3, 0.4) is 0 Å². The minimum absolute atomic E-state index is 0.282. The van der Waals surface area contributed by atoms with Gasteiger partial charge in [0.05, 0.1) is 11.4 Å². The summed E-state index contributed by atoms with van der Waals surface area (Å²) in [7, 11) is 0. The zero-order chi connectivity index (χ0) is 24.5. The minimum Gasteiger partial charge on any atom is -0.480 e. The molecule has 0 radical (unpaired) electrons. The first-order valence-electron chi connectivity index (χ1n) is 11.6. The van der Waals surface area contributed by atoms with Crippen LogP contribution in [0.15, 0.2) is 72.8 Å². The van der Waals surface area contributed by atoms with Crippen molar-refractivity contribution in [3.05, 3.63) is 83.9 Å². The van der Waals surface area contributed by atoms with Crippen LogP contribution in [0, 0.1) is 13.8 Å². The molecule has 0 aliphatic rings. The number of anilines is 2. The lowest BCUT2D eigenvalue weighted by Gasteiger charge is -2.21. The lowest BCUT2D eigenvalue weighted by molar-refractivity contribution is -0.123. The fraction of sp³-hybridized carbons (Fsp3) is 0.286. The number of carbonyl (C=O) groups excluding carboxylic acids is 2. The third kappa shape index (κ3) is 6.38. The summed E-state index contributed by atoms with van der Waals surface area (Å²) in [5.41, 5.74) is 2.92. The van der Waals surface area contributed by atoms with E-state index in [4.69, 9.17) is 9.47 Å². The van der Waals surface area contributed by atoms with E-state index in [0.717, 1.165) is 11.1 Å². The molecular formula is C28H32N2O4. The van der Waals surface area contributed by atoms with Crippen LogP contribution >= 0.6 is 0 Å². The highest BCUT2D eigenvalue weighted by Crippen LogP contribution is 2.25. The Morgan fingerprint density at radius 3 is 1.35 bits per heavy atom. The molecule has 0 bridgehead atoms. The molecule has 2 atom stereocenters. The van der Waals surface area contributed by atoms with Gasteiger partial charge in [0.2, 0.25) is 0 Å². The van der Waals surface area contributed by atoms with Crippen LogP contribution in [-0.4, -0.2) is 24.0 Å². The zero-order valence-corrected chi connectivity index (χ0v) is 20.1. The maximum Gasteiger partial charge on any atom is 0.265 e. The van der Waals surface area contributed by atoms with Crippen LogP contribution in [0.4, 0.5) is 11.4 Å². The second kappa shape index (κ2) is 11.9. The fourth-order valence-electron chi connectivity index (χ4n) is 3.46. The number of benzene rings is 3. The van der Waals surface area contributed by atoms with E-state index in [1.807, 2.05) is 76.2 Å². The molecule has 178 valence electrons. The van der Waals surface area contributed by atoms with E-state index >= 15 is 0 Å². The van der Waals surface area contributed by atoms with E-state index in [0.29, 0.717) is 35.7 Å². The van der Waals surface area contributed by atoms with E-state index in [9.17, 15) is 9.59 Å². The van der Waals surface area contributed by atoms with E-state index in [2.05, 4.69) is 10.6 Å². The Bertz CT molecular complexity index is 1040. The molecule has 0 spiro atoms. The highest BCUT2D eigenvalue weighted by atomic mass is 16.5. The first-order valence-corrected chi connectivity index (χ1v) is 11.6. The number of ether oxygens (including phenoxy) is 2. The van der Waals surface area contributed by atoms with Crippen LogP contribution in [0.2, 0.25) is 0 Å². The Morgan fingerprint density at radius 2 is 1.00 bits per heavy atom.